The number of nitrogens with one attached hydrogen (secondary N) is 1. The first-order chi connectivity index (χ1) is 10.4. The first kappa shape index (κ1) is 17.2. The van der Waals surface area contributed by atoms with Crippen molar-refractivity contribution < 1.29 is 22.7 Å². The van der Waals surface area contributed by atoms with Gasteiger partial charge in [0.15, 0.2) is 9.84 Å². The molecule has 0 radical (unpaired) electrons. The highest BCUT2D eigenvalue weighted by Crippen LogP contribution is 2.18. The standard InChI is InChI=1S/C13H23N3O5S/c1-21-8-7-16(11-2-9-22(19,20)10-11)13(18)12(17)15-5-3-14-4-6-15/h11,14H,2-10H2,1H3. The Bertz CT molecular complexity index is 516. The molecule has 2 heterocycles. The minimum Gasteiger partial charge on any atom is -0.383 e. The van der Waals surface area contributed by atoms with E-state index in [9.17, 15) is 18.0 Å². The first-order valence-electron chi connectivity index (χ1n) is 7.44. The van der Waals surface area contributed by atoms with Crippen LogP contribution in [-0.4, -0.2) is 94.0 Å². The number of hydrogen-bond donors (Lipinski definition) is 1. The van der Waals surface area contributed by atoms with Crippen LogP contribution in [0.4, 0.5) is 0 Å². The predicted octanol–water partition coefficient (Wildman–Crippen LogP) is -1.92. The quantitative estimate of drug-likeness (QED) is 0.603. The summed E-state index contributed by atoms with van der Waals surface area (Å²) in [6, 6.07) is -0.431. The molecule has 1 N–H and O–H groups in total. The number of ether oxygens (including phenoxy) is 1. The zero-order valence-corrected chi connectivity index (χ0v) is 13.6. The van der Waals surface area contributed by atoms with Crippen molar-refractivity contribution in [3.05, 3.63) is 0 Å². The van der Waals surface area contributed by atoms with Crippen LogP contribution in [-0.2, 0) is 24.2 Å². The Labute approximate surface area is 130 Å². The maximum absolute atomic E-state index is 12.5. The van der Waals surface area contributed by atoms with Crippen LogP contribution in [0.25, 0.3) is 0 Å². The number of rotatable bonds is 4. The zero-order valence-electron chi connectivity index (χ0n) is 12.8. The molecule has 2 fully saturated rings. The largest absolute Gasteiger partial charge is 0.383 e. The van der Waals surface area contributed by atoms with E-state index < -0.39 is 27.7 Å². The van der Waals surface area contributed by atoms with E-state index in [0.29, 0.717) is 32.6 Å². The van der Waals surface area contributed by atoms with Crippen molar-refractivity contribution in [2.75, 3.05) is 57.9 Å². The lowest BCUT2D eigenvalue weighted by Gasteiger charge is -2.32. The summed E-state index contributed by atoms with van der Waals surface area (Å²) in [6.45, 7) is 2.81. The van der Waals surface area contributed by atoms with Crippen molar-refractivity contribution in [3.63, 3.8) is 0 Å². The Morgan fingerprint density at radius 2 is 2.00 bits per heavy atom. The molecular weight excluding hydrogens is 310 g/mol. The topological polar surface area (TPSA) is 96.0 Å². The number of carbonyl (C=O) groups is 2. The molecule has 9 heteroatoms. The van der Waals surface area contributed by atoms with Gasteiger partial charge in [-0.25, -0.2) is 8.42 Å². The lowest BCUT2D eigenvalue weighted by molar-refractivity contribution is -0.153. The van der Waals surface area contributed by atoms with Crippen LogP contribution in [0.2, 0.25) is 0 Å². The predicted molar refractivity (Wildman–Crippen MR) is 80.1 cm³/mol. The number of nitrogens with zero attached hydrogens (tertiary/aromatic N) is 2. The summed E-state index contributed by atoms with van der Waals surface area (Å²) in [5, 5.41) is 3.12. The van der Waals surface area contributed by atoms with Crippen LogP contribution in [0.3, 0.4) is 0 Å². The van der Waals surface area contributed by atoms with Crippen molar-refractivity contribution >= 4 is 21.7 Å². The van der Waals surface area contributed by atoms with E-state index in [1.165, 1.54) is 16.9 Å². The van der Waals surface area contributed by atoms with Gasteiger partial charge in [0.05, 0.1) is 18.1 Å². The number of hydrogen-bond acceptors (Lipinski definition) is 6. The average molecular weight is 333 g/mol. The molecule has 1 unspecified atom stereocenters. The van der Waals surface area contributed by atoms with E-state index in [1.54, 1.807) is 0 Å². The Hall–Kier alpha value is -1.19. The Morgan fingerprint density at radius 3 is 2.55 bits per heavy atom. The lowest BCUT2D eigenvalue weighted by atomic mass is 10.2. The van der Waals surface area contributed by atoms with E-state index in [-0.39, 0.29) is 24.7 Å². The van der Waals surface area contributed by atoms with Gasteiger partial charge in [0, 0.05) is 45.9 Å². The number of carbonyl (C=O) groups excluding carboxylic acids is 2. The molecule has 0 aromatic heterocycles. The van der Waals surface area contributed by atoms with Crippen LogP contribution < -0.4 is 5.32 Å². The van der Waals surface area contributed by atoms with Crippen molar-refractivity contribution in [1.82, 2.24) is 15.1 Å². The molecule has 0 bridgehead atoms. The molecule has 2 rings (SSSR count). The third-order valence-corrected chi connectivity index (χ3v) is 5.78. The highest BCUT2D eigenvalue weighted by molar-refractivity contribution is 7.91. The second-order valence-electron chi connectivity index (χ2n) is 5.59. The van der Waals surface area contributed by atoms with Crippen molar-refractivity contribution in [2.24, 2.45) is 0 Å². The number of amides is 2. The monoisotopic (exact) mass is 333 g/mol. The third-order valence-electron chi connectivity index (χ3n) is 4.03. The van der Waals surface area contributed by atoms with E-state index in [0.717, 1.165) is 0 Å². The molecule has 126 valence electrons. The third kappa shape index (κ3) is 4.17. The van der Waals surface area contributed by atoms with E-state index >= 15 is 0 Å². The number of methoxy groups -OCH3 is 1. The summed E-state index contributed by atoms with van der Waals surface area (Å²) < 4.78 is 28.3. The highest BCUT2D eigenvalue weighted by atomic mass is 32.2. The normalized spacial score (nSPS) is 24.2. The second-order valence-corrected chi connectivity index (χ2v) is 7.82. The molecule has 2 amide bonds. The van der Waals surface area contributed by atoms with Gasteiger partial charge in [-0.1, -0.05) is 0 Å². The Balaban J connectivity index is 2.06. The zero-order chi connectivity index (χ0) is 16.2. The fourth-order valence-corrected chi connectivity index (χ4v) is 4.52. The Kier molecular flexibility index (Phi) is 5.76. The minimum absolute atomic E-state index is 0.0657. The Morgan fingerprint density at radius 1 is 1.32 bits per heavy atom. The second kappa shape index (κ2) is 7.38. The van der Waals surface area contributed by atoms with Crippen molar-refractivity contribution in [1.29, 1.82) is 0 Å². The SMILES string of the molecule is COCCN(C(=O)C(=O)N1CCNCC1)C1CCS(=O)(=O)C1. The van der Waals surface area contributed by atoms with Gasteiger partial charge in [0.25, 0.3) is 0 Å². The van der Waals surface area contributed by atoms with Gasteiger partial charge < -0.3 is 19.9 Å². The lowest BCUT2D eigenvalue weighted by Crippen LogP contribution is -2.54. The molecule has 0 saturated carbocycles. The van der Waals surface area contributed by atoms with Crippen LogP contribution in [0.5, 0.6) is 0 Å². The number of sulfone groups is 1. The fraction of sp³-hybridized carbons (Fsp3) is 0.846. The molecule has 8 nitrogen and oxygen atoms in total. The van der Waals surface area contributed by atoms with Gasteiger partial charge in [0.1, 0.15) is 0 Å². The average Bonchev–Trinajstić information content (AvgIpc) is 2.87. The van der Waals surface area contributed by atoms with Gasteiger partial charge in [-0.05, 0) is 6.42 Å². The van der Waals surface area contributed by atoms with Gasteiger partial charge in [-0.3, -0.25) is 9.59 Å². The number of piperazine rings is 1. The van der Waals surface area contributed by atoms with Crippen LogP contribution in [0.1, 0.15) is 6.42 Å². The van der Waals surface area contributed by atoms with Gasteiger partial charge >= 0.3 is 11.8 Å². The van der Waals surface area contributed by atoms with Gasteiger partial charge in [-0.2, -0.15) is 0 Å². The molecule has 0 spiro atoms. The molecule has 1 atom stereocenters. The summed E-state index contributed by atoms with van der Waals surface area (Å²) in [4.78, 5) is 27.7. The van der Waals surface area contributed by atoms with E-state index in [1.807, 2.05) is 0 Å². The molecule has 2 aliphatic heterocycles. The molecule has 2 aliphatic rings. The smallest absolute Gasteiger partial charge is 0.312 e. The highest BCUT2D eigenvalue weighted by Gasteiger charge is 2.37. The molecule has 22 heavy (non-hydrogen) atoms. The van der Waals surface area contributed by atoms with Crippen LogP contribution in [0, 0.1) is 0 Å². The van der Waals surface area contributed by atoms with Gasteiger partial charge in [0.2, 0.25) is 0 Å². The maximum atomic E-state index is 12.5. The molecule has 0 aromatic carbocycles. The molecule has 2 saturated heterocycles. The summed E-state index contributed by atoms with van der Waals surface area (Å²) in [5.74, 6) is -1.18. The van der Waals surface area contributed by atoms with Crippen molar-refractivity contribution in [2.45, 2.75) is 12.5 Å². The maximum Gasteiger partial charge on any atom is 0.312 e. The van der Waals surface area contributed by atoms with E-state index in [4.69, 9.17) is 4.74 Å². The fourth-order valence-electron chi connectivity index (χ4n) is 2.79. The summed E-state index contributed by atoms with van der Waals surface area (Å²) in [7, 11) is -1.61. The van der Waals surface area contributed by atoms with Crippen molar-refractivity contribution in [3.8, 4) is 0 Å². The molecular formula is C13H23N3O5S. The minimum atomic E-state index is -3.12. The van der Waals surface area contributed by atoms with E-state index in [2.05, 4.69) is 5.32 Å². The summed E-state index contributed by atoms with van der Waals surface area (Å²) >= 11 is 0. The van der Waals surface area contributed by atoms with Gasteiger partial charge in [-0.15, -0.1) is 0 Å². The molecule has 0 aliphatic carbocycles. The van der Waals surface area contributed by atoms with Crippen LogP contribution in [0.15, 0.2) is 0 Å². The van der Waals surface area contributed by atoms with Crippen LogP contribution >= 0.6 is 0 Å². The first-order valence-corrected chi connectivity index (χ1v) is 9.26. The summed E-state index contributed by atoms with van der Waals surface area (Å²) in [5.41, 5.74) is 0. The summed E-state index contributed by atoms with van der Waals surface area (Å²) in [6.07, 6.45) is 0.382. The molecule has 0 aromatic rings.